The molecular formula is C26H35F3N6O5. The molecule has 2 aliphatic rings. The summed E-state index contributed by atoms with van der Waals surface area (Å²) in [4.78, 5) is 34.0. The number of carbonyl (C=O) groups is 2. The molecule has 1 aromatic heterocycles. The van der Waals surface area contributed by atoms with Gasteiger partial charge in [0, 0.05) is 56.0 Å². The molecule has 2 atom stereocenters. The number of aliphatic hydroxyl groups excluding tert-OH is 1. The first-order valence-corrected chi connectivity index (χ1v) is 12.9. The summed E-state index contributed by atoms with van der Waals surface area (Å²) in [5.74, 6) is 0.524. The summed E-state index contributed by atoms with van der Waals surface area (Å²) in [5, 5.41) is 22.4. The highest BCUT2D eigenvalue weighted by Gasteiger charge is 2.36. The minimum absolute atomic E-state index is 0.0624. The van der Waals surface area contributed by atoms with Crippen molar-refractivity contribution in [2.45, 2.75) is 38.9 Å². The molecule has 1 aromatic carbocycles. The number of rotatable bonds is 7. The Bertz CT molecular complexity index is 1150. The summed E-state index contributed by atoms with van der Waals surface area (Å²) >= 11 is 0. The highest BCUT2D eigenvalue weighted by Crippen LogP contribution is 2.32. The second-order valence-corrected chi connectivity index (χ2v) is 9.75. The summed E-state index contributed by atoms with van der Waals surface area (Å²) in [6, 6.07) is 6.59. The van der Waals surface area contributed by atoms with Crippen LogP contribution in [0.25, 0.3) is 11.3 Å². The Labute approximate surface area is 230 Å². The molecule has 4 rings (SSSR count). The molecule has 2 fully saturated rings. The number of amides is 2. The molecule has 2 saturated heterocycles. The summed E-state index contributed by atoms with van der Waals surface area (Å²) in [5.41, 5.74) is 2.88. The molecule has 2 aliphatic heterocycles. The van der Waals surface area contributed by atoms with E-state index in [9.17, 15) is 23.1 Å². The van der Waals surface area contributed by atoms with Crippen LogP contribution in [0.1, 0.15) is 25.3 Å². The van der Waals surface area contributed by atoms with E-state index in [-0.39, 0.29) is 32.2 Å². The van der Waals surface area contributed by atoms with Crippen molar-refractivity contribution in [1.29, 1.82) is 0 Å². The van der Waals surface area contributed by atoms with Crippen LogP contribution >= 0.6 is 0 Å². The molecule has 0 radical (unpaired) electrons. The van der Waals surface area contributed by atoms with E-state index in [4.69, 9.17) is 19.6 Å². The first-order chi connectivity index (χ1) is 19.0. The highest BCUT2D eigenvalue weighted by molar-refractivity contribution is 5.90. The van der Waals surface area contributed by atoms with Crippen molar-refractivity contribution in [2.24, 2.45) is 5.92 Å². The van der Waals surface area contributed by atoms with Crippen molar-refractivity contribution in [3.05, 3.63) is 29.8 Å². The molecule has 220 valence electrons. The van der Waals surface area contributed by atoms with Gasteiger partial charge in [0.1, 0.15) is 5.82 Å². The number of nitrogens with zero attached hydrogens (tertiary/aromatic N) is 4. The van der Waals surface area contributed by atoms with Gasteiger partial charge in [-0.05, 0) is 43.9 Å². The fourth-order valence-corrected chi connectivity index (χ4v) is 4.54. The van der Waals surface area contributed by atoms with E-state index in [1.54, 1.807) is 18.2 Å². The van der Waals surface area contributed by atoms with Crippen LogP contribution in [-0.2, 0) is 9.53 Å². The third kappa shape index (κ3) is 8.95. The number of urea groups is 1. The van der Waals surface area contributed by atoms with Crippen molar-refractivity contribution in [3.8, 4) is 11.3 Å². The topological polar surface area (TPSA) is 140 Å². The van der Waals surface area contributed by atoms with Gasteiger partial charge in [0.25, 0.3) is 6.47 Å². The Morgan fingerprint density at radius 2 is 1.93 bits per heavy atom. The van der Waals surface area contributed by atoms with E-state index in [0.717, 1.165) is 11.1 Å². The number of aliphatic hydroxyl groups is 1. The number of carbonyl (C=O) groups excluding carboxylic acids is 1. The lowest BCUT2D eigenvalue weighted by Crippen LogP contribution is -2.37. The van der Waals surface area contributed by atoms with Crippen LogP contribution in [0.15, 0.2) is 24.3 Å². The summed E-state index contributed by atoms with van der Waals surface area (Å²) < 4.78 is 43.7. The van der Waals surface area contributed by atoms with Crippen molar-refractivity contribution in [3.63, 3.8) is 0 Å². The molecule has 14 heteroatoms. The maximum atomic E-state index is 12.8. The molecule has 40 heavy (non-hydrogen) atoms. The van der Waals surface area contributed by atoms with Crippen LogP contribution < -0.4 is 15.5 Å². The van der Waals surface area contributed by atoms with Crippen LogP contribution in [0.5, 0.6) is 0 Å². The van der Waals surface area contributed by atoms with E-state index >= 15 is 0 Å². The zero-order valence-corrected chi connectivity index (χ0v) is 22.4. The molecule has 3 heterocycles. The lowest BCUT2D eigenvalue weighted by molar-refractivity contribution is -0.143. The second kappa shape index (κ2) is 14.1. The number of hydrogen-bond acceptors (Lipinski definition) is 8. The van der Waals surface area contributed by atoms with Crippen molar-refractivity contribution >= 4 is 30.0 Å². The van der Waals surface area contributed by atoms with Gasteiger partial charge in [0.05, 0.1) is 25.5 Å². The maximum absolute atomic E-state index is 12.8. The van der Waals surface area contributed by atoms with Crippen LogP contribution in [0, 0.1) is 12.8 Å². The summed E-state index contributed by atoms with van der Waals surface area (Å²) in [6.07, 6.45) is -4.78. The second-order valence-electron chi connectivity index (χ2n) is 9.75. The summed E-state index contributed by atoms with van der Waals surface area (Å²) in [6.45, 7) is 6.28. The average Bonchev–Trinajstić information content (AvgIpc) is 3.37. The number of aromatic nitrogens is 2. The fraction of sp³-hybridized carbons (Fsp3) is 0.538. The smallest absolute Gasteiger partial charge is 0.389 e. The average molecular weight is 569 g/mol. The predicted octanol–water partition coefficient (Wildman–Crippen LogP) is 3.59. The number of morpholine rings is 1. The van der Waals surface area contributed by atoms with E-state index in [1.165, 1.54) is 4.90 Å². The van der Waals surface area contributed by atoms with Gasteiger partial charge in [-0.15, -0.1) is 0 Å². The molecule has 4 N–H and O–H groups in total. The lowest BCUT2D eigenvalue weighted by atomic mass is 10.0. The van der Waals surface area contributed by atoms with Gasteiger partial charge >= 0.3 is 12.2 Å². The molecule has 11 nitrogen and oxygen atoms in total. The van der Waals surface area contributed by atoms with E-state index < -0.39 is 24.5 Å². The Kier molecular flexibility index (Phi) is 10.9. The Morgan fingerprint density at radius 1 is 1.23 bits per heavy atom. The predicted molar refractivity (Wildman–Crippen MR) is 143 cm³/mol. The number of anilines is 3. The first kappa shape index (κ1) is 30.9. The number of likely N-dealkylation sites (tertiary alicyclic amines) is 1. The molecule has 2 amide bonds. The Morgan fingerprint density at radius 3 is 2.58 bits per heavy atom. The number of hydrogen-bond donors (Lipinski definition) is 4. The highest BCUT2D eigenvalue weighted by atomic mass is 19.4. The van der Waals surface area contributed by atoms with E-state index in [1.807, 2.05) is 24.8 Å². The minimum atomic E-state index is -4.23. The number of benzene rings is 1. The van der Waals surface area contributed by atoms with Crippen LogP contribution in [0.4, 0.5) is 35.4 Å². The van der Waals surface area contributed by atoms with E-state index in [2.05, 4.69) is 15.6 Å². The van der Waals surface area contributed by atoms with Gasteiger partial charge in [0.15, 0.2) is 0 Å². The summed E-state index contributed by atoms with van der Waals surface area (Å²) in [7, 11) is 0. The minimum Gasteiger partial charge on any atom is -0.483 e. The Balaban J connectivity index is 0.00000141. The zero-order valence-electron chi connectivity index (χ0n) is 22.4. The Hall–Kier alpha value is -3.65. The van der Waals surface area contributed by atoms with Gasteiger partial charge < -0.3 is 35.4 Å². The van der Waals surface area contributed by atoms with Gasteiger partial charge in [0.2, 0.25) is 5.95 Å². The largest absolute Gasteiger partial charge is 0.483 e. The monoisotopic (exact) mass is 568 g/mol. The van der Waals surface area contributed by atoms with Gasteiger partial charge in [-0.1, -0.05) is 6.07 Å². The number of ether oxygens (including phenoxy) is 1. The van der Waals surface area contributed by atoms with Crippen molar-refractivity contribution in [1.82, 2.24) is 14.9 Å². The molecule has 0 aliphatic carbocycles. The molecule has 0 unspecified atom stereocenters. The molecule has 0 bridgehead atoms. The fourth-order valence-electron chi connectivity index (χ4n) is 4.54. The molecular weight excluding hydrogens is 533 g/mol. The lowest BCUT2D eigenvalue weighted by Gasteiger charge is -2.27. The standard InChI is InChI=1S/C25H33F3N6O3.CH2O2/c1-16-3-4-19(30-24(36)34-6-5-18(14-34)13-25(26,27)28)11-20(16)21-12-22(29-17(2)15-35)32-23(31-21)33-7-9-37-10-8-33;2-1-3/h3-4,11-12,17-18,35H,5-10,13-15H2,1-2H3,(H,30,36)(H,29,31,32);1H,(H,2,3)/t17-,18+;/m1./s1. The van der Waals surface area contributed by atoms with Gasteiger partial charge in [-0.2, -0.15) is 18.2 Å². The van der Waals surface area contributed by atoms with Crippen LogP contribution in [0.3, 0.4) is 0 Å². The van der Waals surface area contributed by atoms with Gasteiger partial charge in [-0.25, -0.2) is 9.78 Å². The SMILES string of the molecule is Cc1ccc(NC(=O)N2CC[C@@H](CC(F)(F)F)C2)cc1-c1cc(N[C@H](C)CO)nc(N2CCOCC2)n1.O=CO. The molecule has 0 spiro atoms. The van der Waals surface area contributed by atoms with Crippen LogP contribution in [-0.4, -0.2) is 95.8 Å². The van der Waals surface area contributed by atoms with Crippen LogP contribution in [0.2, 0.25) is 0 Å². The number of aryl methyl sites for hydroxylation is 1. The quantitative estimate of drug-likeness (QED) is 0.369. The third-order valence-corrected chi connectivity index (χ3v) is 6.53. The number of carboxylic acid groups (broad SMARTS) is 1. The van der Waals surface area contributed by atoms with Crippen molar-refractivity contribution < 1.29 is 37.7 Å². The molecule has 2 aromatic rings. The van der Waals surface area contributed by atoms with Crippen molar-refractivity contribution in [2.75, 3.05) is 61.5 Å². The molecule has 0 saturated carbocycles. The maximum Gasteiger partial charge on any atom is 0.389 e. The first-order valence-electron chi connectivity index (χ1n) is 12.9. The number of halogens is 3. The third-order valence-electron chi connectivity index (χ3n) is 6.53. The van der Waals surface area contributed by atoms with E-state index in [0.29, 0.717) is 55.9 Å². The van der Waals surface area contributed by atoms with Gasteiger partial charge in [-0.3, -0.25) is 4.79 Å². The normalized spacial score (nSPS) is 18.0. The number of nitrogens with one attached hydrogen (secondary N) is 2. The zero-order chi connectivity index (χ0) is 29.3. The number of alkyl halides is 3.